The van der Waals surface area contributed by atoms with Gasteiger partial charge in [-0.05, 0) is 49.6 Å². The highest BCUT2D eigenvalue weighted by molar-refractivity contribution is 7.92. The fourth-order valence-corrected chi connectivity index (χ4v) is 3.91. The van der Waals surface area contributed by atoms with Crippen molar-refractivity contribution in [3.8, 4) is 0 Å². The largest absolute Gasteiger partial charge is 0.385 e. The summed E-state index contributed by atoms with van der Waals surface area (Å²) in [6.45, 7) is 2.86. The third-order valence-electron chi connectivity index (χ3n) is 3.65. The molecule has 2 aromatic carbocycles. The van der Waals surface area contributed by atoms with Crippen molar-refractivity contribution in [2.75, 3.05) is 16.6 Å². The molecule has 0 aliphatic carbocycles. The second-order valence-corrected chi connectivity index (χ2v) is 6.93. The number of hydrogen-bond donors (Lipinski definition) is 2. The molecule has 1 aliphatic heterocycles. The minimum absolute atomic E-state index is 0.368. The van der Waals surface area contributed by atoms with Crippen molar-refractivity contribution in [1.82, 2.24) is 0 Å². The van der Waals surface area contributed by atoms with Gasteiger partial charge in [-0.1, -0.05) is 23.8 Å². The van der Waals surface area contributed by atoms with E-state index in [9.17, 15) is 8.42 Å². The Morgan fingerprint density at radius 3 is 2.62 bits per heavy atom. The Kier molecular flexibility index (Phi) is 3.59. The van der Waals surface area contributed by atoms with Crippen LogP contribution in [0.25, 0.3) is 0 Å². The molecule has 0 aromatic heterocycles. The molecule has 3 rings (SSSR count). The minimum Gasteiger partial charge on any atom is -0.385 e. The Bertz CT molecular complexity index is 752. The monoisotopic (exact) mass is 302 g/mol. The number of anilines is 2. The Morgan fingerprint density at radius 2 is 1.86 bits per heavy atom. The third-order valence-corrected chi connectivity index (χ3v) is 5.11. The molecule has 0 amide bonds. The number of fused-ring (bicyclic) bond motifs is 1. The first-order valence-corrected chi connectivity index (χ1v) is 8.50. The highest BCUT2D eigenvalue weighted by atomic mass is 32.2. The third kappa shape index (κ3) is 2.88. The van der Waals surface area contributed by atoms with E-state index in [4.69, 9.17) is 0 Å². The van der Waals surface area contributed by atoms with Crippen LogP contribution in [-0.2, 0) is 16.4 Å². The molecule has 1 aliphatic rings. The molecule has 5 heteroatoms. The minimum atomic E-state index is -3.56. The maximum Gasteiger partial charge on any atom is 0.262 e. The van der Waals surface area contributed by atoms with Gasteiger partial charge in [0.2, 0.25) is 0 Å². The standard InChI is InChI=1S/C16H18N2O2S/c1-12-7-9-13(10-8-12)18-21(19,20)16-6-2-5-15-14(16)4-3-11-17-15/h2,5-10,17-18H,3-4,11H2,1H3. The van der Waals surface area contributed by atoms with Crippen LogP contribution in [0.5, 0.6) is 0 Å². The molecule has 21 heavy (non-hydrogen) atoms. The van der Waals surface area contributed by atoms with E-state index in [1.165, 1.54) is 0 Å². The van der Waals surface area contributed by atoms with Crippen molar-refractivity contribution in [1.29, 1.82) is 0 Å². The lowest BCUT2D eigenvalue weighted by Crippen LogP contribution is -2.19. The zero-order chi connectivity index (χ0) is 14.9. The summed E-state index contributed by atoms with van der Waals surface area (Å²) in [5, 5.41) is 3.25. The van der Waals surface area contributed by atoms with Gasteiger partial charge in [0.1, 0.15) is 0 Å². The summed E-state index contributed by atoms with van der Waals surface area (Å²) >= 11 is 0. The van der Waals surface area contributed by atoms with E-state index >= 15 is 0 Å². The van der Waals surface area contributed by atoms with Gasteiger partial charge in [-0.2, -0.15) is 0 Å². The van der Waals surface area contributed by atoms with Crippen LogP contribution in [-0.4, -0.2) is 15.0 Å². The zero-order valence-corrected chi connectivity index (χ0v) is 12.7. The fraction of sp³-hybridized carbons (Fsp3) is 0.250. The van der Waals surface area contributed by atoms with Gasteiger partial charge in [-0.15, -0.1) is 0 Å². The second-order valence-electron chi connectivity index (χ2n) is 5.28. The molecule has 0 atom stereocenters. The number of rotatable bonds is 3. The van der Waals surface area contributed by atoms with Crippen molar-refractivity contribution in [2.24, 2.45) is 0 Å². The van der Waals surface area contributed by atoms with Crippen LogP contribution in [0.1, 0.15) is 17.5 Å². The van der Waals surface area contributed by atoms with Crippen LogP contribution in [0.4, 0.5) is 11.4 Å². The predicted molar refractivity (Wildman–Crippen MR) is 85.2 cm³/mol. The molecular formula is C16H18N2O2S. The summed E-state index contributed by atoms with van der Waals surface area (Å²) in [6, 6.07) is 12.7. The number of sulfonamides is 1. The lowest BCUT2D eigenvalue weighted by atomic mass is 10.0. The zero-order valence-electron chi connectivity index (χ0n) is 11.9. The predicted octanol–water partition coefficient (Wildman–Crippen LogP) is 3.15. The average Bonchev–Trinajstić information content (AvgIpc) is 2.49. The van der Waals surface area contributed by atoms with Gasteiger partial charge >= 0.3 is 0 Å². The van der Waals surface area contributed by atoms with E-state index in [2.05, 4.69) is 10.0 Å². The lowest BCUT2D eigenvalue weighted by molar-refractivity contribution is 0.599. The Balaban J connectivity index is 1.97. The van der Waals surface area contributed by atoms with Crippen molar-refractivity contribution < 1.29 is 8.42 Å². The van der Waals surface area contributed by atoms with Gasteiger partial charge in [0.15, 0.2) is 0 Å². The van der Waals surface area contributed by atoms with E-state index in [1.54, 1.807) is 24.3 Å². The van der Waals surface area contributed by atoms with Gasteiger partial charge in [-0.25, -0.2) is 8.42 Å². The van der Waals surface area contributed by atoms with Gasteiger partial charge < -0.3 is 5.32 Å². The molecule has 0 fully saturated rings. The number of nitrogens with one attached hydrogen (secondary N) is 2. The molecule has 0 saturated carbocycles. The smallest absolute Gasteiger partial charge is 0.262 e. The molecule has 110 valence electrons. The highest BCUT2D eigenvalue weighted by Gasteiger charge is 2.22. The van der Waals surface area contributed by atoms with Crippen LogP contribution in [0.3, 0.4) is 0 Å². The number of benzene rings is 2. The summed E-state index contributed by atoms with van der Waals surface area (Å²) < 4.78 is 27.9. The Labute approximate surface area is 125 Å². The van der Waals surface area contributed by atoms with Gasteiger partial charge in [0, 0.05) is 17.9 Å². The van der Waals surface area contributed by atoms with E-state index < -0.39 is 10.0 Å². The molecular weight excluding hydrogens is 284 g/mol. The lowest BCUT2D eigenvalue weighted by Gasteiger charge is -2.21. The molecule has 0 radical (unpaired) electrons. The van der Waals surface area contributed by atoms with Crippen molar-refractivity contribution >= 4 is 21.4 Å². The molecule has 0 spiro atoms. The van der Waals surface area contributed by atoms with Gasteiger partial charge in [-0.3, -0.25) is 4.72 Å². The molecule has 4 nitrogen and oxygen atoms in total. The van der Waals surface area contributed by atoms with Crippen LogP contribution in [0, 0.1) is 6.92 Å². The first kappa shape index (κ1) is 13.9. The van der Waals surface area contributed by atoms with Crippen LogP contribution < -0.4 is 10.0 Å². The van der Waals surface area contributed by atoms with E-state index in [1.807, 2.05) is 25.1 Å². The van der Waals surface area contributed by atoms with Crippen LogP contribution in [0.15, 0.2) is 47.4 Å². The molecule has 2 N–H and O–H groups in total. The average molecular weight is 302 g/mol. The molecule has 2 aromatic rings. The summed E-state index contributed by atoms with van der Waals surface area (Å²) in [4.78, 5) is 0.368. The van der Waals surface area contributed by atoms with Gasteiger partial charge in [0.25, 0.3) is 10.0 Å². The normalized spacial score (nSPS) is 14.1. The van der Waals surface area contributed by atoms with E-state index in [0.29, 0.717) is 10.6 Å². The fourth-order valence-electron chi connectivity index (χ4n) is 2.56. The Morgan fingerprint density at radius 1 is 1.10 bits per heavy atom. The molecule has 0 unspecified atom stereocenters. The van der Waals surface area contributed by atoms with Crippen LogP contribution >= 0.6 is 0 Å². The maximum absolute atomic E-state index is 12.6. The first-order valence-electron chi connectivity index (χ1n) is 7.01. The van der Waals surface area contributed by atoms with Crippen molar-refractivity contribution in [3.63, 3.8) is 0 Å². The SMILES string of the molecule is Cc1ccc(NS(=O)(=O)c2cccc3c2CCCN3)cc1. The topological polar surface area (TPSA) is 58.2 Å². The summed E-state index contributed by atoms with van der Waals surface area (Å²) in [5.41, 5.74) is 3.48. The summed E-state index contributed by atoms with van der Waals surface area (Å²) in [6.07, 6.45) is 1.73. The van der Waals surface area contributed by atoms with Crippen molar-refractivity contribution in [2.45, 2.75) is 24.7 Å². The second kappa shape index (κ2) is 5.41. The number of aryl methyl sites for hydroxylation is 1. The Hall–Kier alpha value is -2.01. The quantitative estimate of drug-likeness (QED) is 0.915. The number of hydrogen-bond acceptors (Lipinski definition) is 3. The van der Waals surface area contributed by atoms with Gasteiger partial charge in [0.05, 0.1) is 4.90 Å². The summed E-state index contributed by atoms with van der Waals surface area (Å²) in [5.74, 6) is 0. The molecule has 0 bridgehead atoms. The van der Waals surface area contributed by atoms with Crippen LogP contribution in [0.2, 0.25) is 0 Å². The molecule has 1 heterocycles. The van der Waals surface area contributed by atoms with Crippen molar-refractivity contribution in [3.05, 3.63) is 53.6 Å². The highest BCUT2D eigenvalue weighted by Crippen LogP contribution is 2.29. The first-order chi connectivity index (χ1) is 10.1. The summed E-state index contributed by atoms with van der Waals surface area (Å²) in [7, 11) is -3.56. The van der Waals surface area contributed by atoms with E-state index in [0.717, 1.165) is 36.2 Å². The maximum atomic E-state index is 12.6. The molecule has 0 saturated heterocycles. The van der Waals surface area contributed by atoms with E-state index in [-0.39, 0.29) is 0 Å².